The van der Waals surface area contributed by atoms with Crippen molar-refractivity contribution < 1.29 is 14.7 Å². The number of benzene rings is 1. The molecule has 0 radical (unpaired) electrons. The highest BCUT2D eigenvalue weighted by molar-refractivity contribution is 9.10. The Kier molecular flexibility index (Phi) is 3.17. The van der Waals surface area contributed by atoms with Gasteiger partial charge in [0.2, 0.25) is 0 Å². The predicted molar refractivity (Wildman–Crippen MR) is 88.9 cm³/mol. The van der Waals surface area contributed by atoms with Crippen LogP contribution in [0.25, 0.3) is 17.0 Å². The number of carboxylic acid groups (broad SMARTS) is 1. The Bertz CT molecular complexity index is 1030. The van der Waals surface area contributed by atoms with E-state index >= 15 is 0 Å². The molecule has 2 aromatic heterocycles. The van der Waals surface area contributed by atoms with Crippen molar-refractivity contribution in [1.82, 2.24) is 19.3 Å². The molecule has 1 aromatic carbocycles. The van der Waals surface area contributed by atoms with Crippen LogP contribution in [0, 0.1) is 0 Å². The Hall–Kier alpha value is -2.74. The van der Waals surface area contributed by atoms with Gasteiger partial charge in [-0.25, -0.2) is 14.8 Å². The van der Waals surface area contributed by atoms with Gasteiger partial charge in [0.15, 0.2) is 11.3 Å². The number of halogens is 1. The van der Waals surface area contributed by atoms with Gasteiger partial charge in [-0.05, 0) is 33.6 Å². The average molecular weight is 387 g/mol. The molecule has 0 atom stereocenters. The van der Waals surface area contributed by atoms with Gasteiger partial charge in [0.05, 0.1) is 4.47 Å². The van der Waals surface area contributed by atoms with Crippen LogP contribution in [0.4, 0.5) is 0 Å². The van der Waals surface area contributed by atoms with Crippen LogP contribution in [-0.4, -0.2) is 43.3 Å². The maximum Gasteiger partial charge on any atom is 0.355 e. The summed E-state index contributed by atoms with van der Waals surface area (Å²) in [5.41, 5.74) is 2.67. The molecule has 3 aromatic rings. The van der Waals surface area contributed by atoms with Gasteiger partial charge in [0, 0.05) is 37.1 Å². The molecular formula is C16H11BrN4O3. The molecule has 1 N–H and O–H groups in total. The molecule has 0 unspecified atom stereocenters. The van der Waals surface area contributed by atoms with Crippen molar-refractivity contribution in [1.29, 1.82) is 0 Å². The monoisotopic (exact) mass is 386 g/mol. The predicted octanol–water partition coefficient (Wildman–Crippen LogP) is 2.44. The fraction of sp³-hybridized carbons (Fsp3) is 0.125. The number of aromatic nitrogens is 3. The molecule has 1 aliphatic rings. The normalized spacial score (nSPS) is 13.6. The third-order valence-electron chi connectivity index (χ3n) is 4.04. The molecule has 4 rings (SSSR count). The second-order valence-electron chi connectivity index (χ2n) is 5.56. The van der Waals surface area contributed by atoms with Crippen molar-refractivity contribution in [3.05, 3.63) is 51.9 Å². The lowest BCUT2D eigenvalue weighted by molar-refractivity contribution is 0.0689. The van der Waals surface area contributed by atoms with Crippen molar-refractivity contribution in [2.75, 3.05) is 7.05 Å². The van der Waals surface area contributed by atoms with E-state index in [2.05, 4.69) is 25.9 Å². The molecule has 0 saturated heterocycles. The van der Waals surface area contributed by atoms with Crippen LogP contribution in [0.15, 0.2) is 35.1 Å². The van der Waals surface area contributed by atoms with E-state index in [0.717, 1.165) is 11.1 Å². The van der Waals surface area contributed by atoms with E-state index in [4.69, 9.17) is 0 Å². The van der Waals surface area contributed by atoms with Gasteiger partial charge < -0.3 is 10.0 Å². The first-order valence-electron chi connectivity index (χ1n) is 7.12. The highest BCUT2D eigenvalue weighted by Crippen LogP contribution is 2.30. The fourth-order valence-electron chi connectivity index (χ4n) is 2.90. The third kappa shape index (κ3) is 2.03. The van der Waals surface area contributed by atoms with E-state index in [1.807, 2.05) is 6.07 Å². The van der Waals surface area contributed by atoms with Crippen LogP contribution in [0.5, 0.6) is 0 Å². The number of carbonyl (C=O) groups excluding carboxylic acids is 1. The third-order valence-corrected chi connectivity index (χ3v) is 4.77. The molecule has 3 heterocycles. The minimum atomic E-state index is -1.13. The number of aromatic carboxylic acids is 1. The van der Waals surface area contributed by atoms with Crippen molar-refractivity contribution in [2.45, 2.75) is 6.54 Å². The molecule has 7 nitrogen and oxygen atoms in total. The molecule has 1 amide bonds. The molecular weight excluding hydrogens is 376 g/mol. The van der Waals surface area contributed by atoms with Gasteiger partial charge >= 0.3 is 5.97 Å². The number of fused-ring (bicyclic) bond motifs is 2. The number of carboxylic acids is 1. The number of amides is 1. The van der Waals surface area contributed by atoms with Crippen molar-refractivity contribution in [3.63, 3.8) is 0 Å². The van der Waals surface area contributed by atoms with Gasteiger partial charge in [-0.1, -0.05) is 6.07 Å². The van der Waals surface area contributed by atoms with Crippen LogP contribution >= 0.6 is 15.9 Å². The van der Waals surface area contributed by atoms with Crippen molar-refractivity contribution in [3.8, 4) is 11.4 Å². The van der Waals surface area contributed by atoms with E-state index < -0.39 is 5.97 Å². The van der Waals surface area contributed by atoms with Crippen molar-refractivity contribution >= 4 is 33.5 Å². The van der Waals surface area contributed by atoms with Gasteiger partial charge in [0.25, 0.3) is 5.91 Å². The number of rotatable bonds is 2. The second kappa shape index (κ2) is 5.13. The molecule has 120 valence electrons. The van der Waals surface area contributed by atoms with Gasteiger partial charge in [-0.3, -0.25) is 9.20 Å². The minimum absolute atomic E-state index is 0.0145. The van der Waals surface area contributed by atoms with Crippen LogP contribution in [0.2, 0.25) is 0 Å². The highest BCUT2D eigenvalue weighted by Gasteiger charge is 2.25. The van der Waals surface area contributed by atoms with Crippen molar-refractivity contribution in [2.24, 2.45) is 0 Å². The summed E-state index contributed by atoms with van der Waals surface area (Å²) >= 11 is 3.26. The van der Waals surface area contributed by atoms with E-state index in [9.17, 15) is 14.7 Å². The average Bonchev–Trinajstić information content (AvgIpc) is 3.13. The van der Waals surface area contributed by atoms with Crippen LogP contribution < -0.4 is 0 Å². The van der Waals surface area contributed by atoms with E-state index in [1.54, 1.807) is 40.9 Å². The summed E-state index contributed by atoms with van der Waals surface area (Å²) in [4.78, 5) is 33.6. The Morgan fingerprint density at radius 2 is 2.17 bits per heavy atom. The topological polar surface area (TPSA) is 87.8 Å². The fourth-order valence-corrected chi connectivity index (χ4v) is 3.45. The summed E-state index contributed by atoms with van der Waals surface area (Å²) in [6.45, 7) is 0.525. The Balaban J connectivity index is 1.96. The van der Waals surface area contributed by atoms with Crippen LogP contribution in [0.3, 0.4) is 0 Å². The lowest BCUT2D eigenvalue weighted by Gasteiger charge is -2.09. The highest BCUT2D eigenvalue weighted by atomic mass is 79.9. The molecule has 0 saturated carbocycles. The molecule has 0 spiro atoms. The van der Waals surface area contributed by atoms with Gasteiger partial charge in [-0.15, -0.1) is 0 Å². The van der Waals surface area contributed by atoms with Gasteiger partial charge in [0.1, 0.15) is 5.82 Å². The molecule has 1 aliphatic heterocycles. The smallest absolute Gasteiger partial charge is 0.355 e. The van der Waals surface area contributed by atoms with E-state index in [-0.39, 0.29) is 11.6 Å². The molecule has 0 aliphatic carbocycles. The number of hydrogen-bond acceptors (Lipinski definition) is 4. The minimum Gasteiger partial charge on any atom is -0.476 e. The SMILES string of the molecule is CN1Cc2cc(-c3nc(C(=O)O)c(Br)c4nccn34)ccc2C1=O. The summed E-state index contributed by atoms with van der Waals surface area (Å²) < 4.78 is 2.05. The molecule has 24 heavy (non-hydrogen) atoms. The first kappa shape index (κ1) is 14.8. The second-order valence-corrected chi connectivity index (χ2v) is 6.35. The summed E-state index contributed by atoms with van der Waals surface area (Å²) in [5, 5.41) is 9.38. The lowest BCUT2D eigenvalue weighted by atomic mass is 10.1. The number of imidazole rings is 1. The lowest BCUT2D eigenvalue weighted by Crippen LogP contribution is -2.17. The number of carbonyl (C=O) groups is 2. The van der Waals surface area contributed by atoms with E-state index in [1.165, 1.54) is 0 Å². The zero-order valence-corrected chi connectivity index (χ0v) is 14.1. The molecule has 0 fully saturated rings. The summed E-state index contributed by atoms with van der Waals surface area (Å²) in [6, 6.07) is 5.40. The Morgan fingerprint density at radius 3 is 2.92 bits per heavy atom. The maximum atomic E-state index is 12.0. The van der Waals surface area contributed by atoms with Crippen LogP contribution in [-0.2, 0) is 6.54 Å². The van der Waals surface area contributed by atoms with Gasteiger partial charge in [-0.2, -0.15) is 0 Å². The largest absolute Gasteiger partial charge is 0.476 e. The summed E-state index contributed by atoms with van der Waals surface area (Å²) in [5.74, 6) is -0.683. The summed E-state index contributed by atoms with van der Waals surface area (Å²) in [7, 11) is 1.75. The number of hydrogen-bond donors (Lipinski definition) is 1. The molecule has 0 bridgehead atoms. The quantitative estimate of drug-likeness (QED) is 0.730. The van der Waals surface area contributed by atoms with E-state index in [0.29, 0.717) is 28.1 Å². The standard InChI is InChI=1S/C16H11BrN4O3/c1-20-7-9-6-8(2-3-10(9)15(20)22)13-19-12(16(23)24)11(17)14-18-4-5-21(13)14/h2-6H,7H2,1H3,(H,23,24). The Morgan fingerprint density at radius 1 is 1.38 bits per heavy atom. The Labute approximate surface area is 144 Å². The zero-order valence-electron chi connectivity index (χ0n) is 12.5. The maximum absolute atomic E-state index is 12.0. The first-order valence-corrected chi connectivity index (χ1v) is 7.91. The number of nitrogens with zero attached hydrogens (tertiary/aromatic N) is 4. The first-order chi connectivity index (χ1) is 11.5. The molecule has 8 heteroatoms. The summed E-state index contributed by atoms with van der Waals surface area (Å²) in [6.07, 6.45) is 3.31. The van der Waals surface area contributed by atoms with Crippen LogP contribution in [0.1, 0.15) is 26.4 Å². The zero-order chi connectivity index (χ0) is 17.0.